The van der Waals surface area contributed by atoms with E-state index in [1.807, 2.05) is 19.1 Å². The molecule has 1 aromatic heterocycles. The molecule has 1 aliphatic rings. The number of rotatable bonds is 8. The monoisotopic (exact) mass is 491 g/mol. The highest BCUT2D eigenvalue weighted by atomic mass is 32.2. The highest BCUT2D eigenvalue weighted by molar-refractivity contribution is 7.89. The maximum Gasteiger partial charge on any atom is 0.355 e. The molecule has 0 amide bonds. The quantitative estimate of drug-likeness (QED) is 0.566. The highest BCUT2D eigenvalue weighted by Gasteiger charge is 2.31. The zero-order valence-corrected chi connectivity index (χ0v) is 21.3. The number of aromatic nitrogens is 1. The zero-order chi connectivity index (χ0) is 25.0. The van der Waals surface area contributed by atoms with Gasteiger partial charge in [-0.1, -0.05) is 12.1 Å². The molecule has 0 spiro atoms. The molecule has 34 heavy (non-hydrogen) atoms. The molecule has 1 N–H and O–H groups in total. The summed E-state index contributed by atoms with van der Waals surface area (Å²) in [5.74, 6) is -1.03. The van der Waals surface area contributed by atoms with Gasteiger partial charge >= 0.3 is 11.9 Å². The van der Waals surface area contributed by atoms with Crippen molar-refractivity contribution in [3.63, 3.8) is 0 Å². The number of sulfonamides is 1. The molecule has 186 valence electrons. The number of hydrogen-bond acceptors (Lipinski definition) is 7. The van der Waals surface area contributed by atoms with Gasteiger partial charge in [0.25, 0.3) is 0 Å². The van der Waals surface area contributed by atoms with Crippen molar-refractivity contribution in [2.24, 2.45) is 0 Å². The van der Waals surface area contributed by atoms with Crippen LogP contribution in [0.1, 0.15) is 57.1 Å². The number of piperazine rings is 1. The van der Waals surface area contributed by atoms with Crippen molar-refractivity contribution < 1.29 is 27.5 Å². The van der Waals surface area contributed by atoms with Crippen molar-refractivity contribution in [2.45, 2.75) is 46.1 Å². The molecule has 0 radical (unpaired) electrons. The van der Waals surface area contributed by atoms with Crippen LogP contribution in [0, 0.1) is 20.8 Å². The Labute approximate surface area is 201 Å². The summed E-state index contributed by atoms with van der Waals surface area (Å²) in [7, 11) is -3.60. The minimum atomic E-state index is -3.60. The van der Waals surface area contributed by atoms with Crippen molar-refractivity contribution in [3.05, 3.63) is 51.8 Å². The molecule has 0 bridgehead atoms. The van der Waals surface area contributed by atoms with Crippen LogP contribution in [0.15, 0.2) is 23.1 Å². The number of aryl methyl sites for hydroxylation is 2. The van der Waals surface area contributed by atoms with E-state index < -0.39 is 22.0 Å². The van der Waals surface area contributed by atoms with Gasteiger partial charge in [0.1, 0.15) is 5.69 Å². The van der Waals surface area contributed by atoms with E-state index in [0.717, 1.165) is 11.1 Å². The Kier molecular flexibility index (Phi) is 8.17. The van der Waals surface area contributed by atoms with E-state index in [0.29, 0.717) is 54.4 Å². The standard InChI is InChI=1S/C24H33N3O6S/c1-6-32-23(28)21-18(5)22(24(29)33-7-2)25-19(21)15-26-10-12-27(13-11-26)34(30,31)20-14-16(3)8-9-17(20)4/h8-9,14,25H,6-7,10-13,15H2,1-5H3. The Balaban J connectivity index is 1.78. The fourth-order valence-electron chi connectivity index (χ4n) is 4.14. The number of carbonyl (C=O) groups excluding carboxylic acids is 2. The molecular formula is C24H33N3O6S. The van der Waals surface area contributed by atoms with E-state index in [1.54, 1.807) is 33.8 Å². The van der Waals surface area contributed by atoms with Crippen LogP contribution >= 0.6 is 0 Å². The van der Waals surface area contributed by atoms with Crippen molar-refractivity contribution in [2.75, 3.05) is 39.4 Å². The van der Waals surface area contributed by atoms with Crippen molar-refractivity contribution in [1.29, 1.82) is 0 Å². The fraction of sp³-hybridized carbons (Fsp3) is 0.500. The third-order valence-electron chi connectivity index (χ3n) is 5.96. The molecule has 0 atom stereocenters. The molecule has 10 heteroatoms. The van der Waals surface area contributed by atoms with Crippen molar-refractivity contribution >= 4 is 22.0 Å². The van der Waals surface area contributed by atoms with Crippen LogP contribution < -0.4 is 0 Å². The summed E-state index contributed by atoms with van der Waals surface area (Å²) in [4.78, 5) is 30.4. The molecule has 1 fully saturated rings. The second-order valence-corrected chi connectivity index (χ2v) is 10.3. The lowest BCUT2D eigenvalue weighted by Gasteiger charge is -2.34. The maximum absolute atomic E-state index is 13.2. The normalized spacial score (nSPS) is 15.3. The summed E-state index contributed by atoms with van der Waals surface area (Å²) < 4.78 is 38.2. The molecule has 1 aromatic carbocycles. The number of hydrogen-bond donors (Lipinski definition) is 1. The van der Waals surface area contributed by atoms with E-state index >= 15 is 0 Å². The number of carbonyl (C=O) groups is 2. The minimum Gasteiger partial charge on any atom is -0.462 e. The lowest BCUT2D eigenvalue weighted by molar-refractivity contribution is 0.0516. The van der Waals surface area contributed by atoms with Crippen LogP contribution in [0.5, 0.6) is 0 Å². The largest absolute Gasteiger partial charge is 0.462 e. The van der Waals surface area contributed by atoms with Gasteiger partial charge in [-0.05, 0) is 57.4 Å². The van der Waals surface area contributed by atoms with Gasteiger partial charge in [0.2, 0.25) is 10.0 Å². The smallest absolute Gasteiger partial charge is 0.355 e. The molecule has 3 rings (SSSR count). The van der Waals surface area contributed by atoms with Gasteiger partial charge in [0.05, 0.1) is 23.7 Å². The third-order valence-corrected chi connectivity index (χ3v) is 8.00. The Morgan fingerprint density at radius 2 is 1.59 bits per heavy atom. The van der Waals surface area contributed by atoms with Gasteiger partial charge in [-0.25, -0.2) is 18.0 Å². The van der Waals surface area contributed by atoms with E-state index in [-0.39, 0.29) is 18.9 Å². The van der Waals surface area contributed by atoms with Gasteiger partial charge in [-0.2, -0.15) is 4.31 Å². The first-order valence-electron chi connectivity index (χ1n) is 11.5. The maximum atomic E-state index is 13.2. The Hall–Kier alpha value is -2.69. The van der Waals surface area contributed by atoms with Gasteiger partial charge in [0, 0.05) is 38.4 Å². The van der Waals surface area contributed by atoms with E-state index in [2.05, 4.69) is 9.88 Å². The Morgan fingerprint density at radius 3 is 2.21 bits per heavy atom. The molecular weight excluding hydrogens is 458 g/mol. The van der Waals surface area contributed by atoms with Crippen LogP contribution in [0.3, 0.4) is 0 Å². The number of ether oxygens (including phenoxy) is 2. The van der Waals surface area contributed by atoms with Crippen LogP contribution in [0.4, 0.5) is 0 Å². The summed E-state index contributed by atoms with van der Waals surface area (Å²) in [6, 6.07) is 5.43. The SMILES string of the molecule is CCOC(=O)c1[nH]c(CN2CCN(S(=O)(=O)c3cc(C)ccc3C)CC2)c(C(=O)OCC)c1C. The molecule has 2 aromatic rings. The summed E-state index contributed by atoms with van der Waals surface area (Å²) in [6.45, 7) is 11.2. The minimum absolute atomic E-state index is 0.215. The molecule has 1 saturated heterocycles. The first-order chi connectivity index (χ1) is 16.1. The second-order valence-electron chi connectivity index (χ2n) is 8.37. The molecule has 2 heterocycles. The first-order valence-corrected chi connectivity index (χ1v) is 12.9. The predicted molar refractivity (Wildman–Crippen MR) is 127 cm³/mol. The van der Waals surface area contributed by atoms with Crippen molar-refractivity contribution in [3.8, 4) is 0 Å². The van der Waals surface area contributed by atoms with Crippen LogP contribution in [-0.2, 0) is 26.0 Å². The number of esters is 2. The van der Waals surface area contributed by atoms with Crippen LogP contribution in [0.25, 0.3) is 0 Å². The van der Waals surface area contributed by atoms with E-state index in [9.17, 15) is 18.0 Å². The lowest BCUT2D eigenvalue weighted by atomic mass is 10.1. The Morgan fingerprint density at radius 1 is 0.971 bits per heavy atom. The predicted octanol–water partition coefficient (Wildman–Crippen LogP) is 2.80. The number of nitrogens with zero attached hydrogens (tertiary/aromatic N) is 2. The molecule has 0 aliphatic carbocycles. The van der Waals surface area contributed by atoms with E-state index in [4.69, 9.17) is 9.47 Å². The van der Waals surface area contributed by atoms with Gasteiger partial charge in [-0.3, -0.25) is 4.90 Å². The Bertz CT molecular complexity index is 1160. The molecule has 9 nitrogen and oxygen atoms in total. The van der Waals surface area contributed by atoms with Gasteiger partial charge < -0.3 is 14.5 Å². The summed E-state index contributed by atoms with van der Waals surface area (Å²) >= 11 is 0. The van der Waals surface area contributed by atoms with Gasteiger partial charge in [-0.15, -0.1) is 0 Å². The van der Waals surface area contributed by atoms with E-state index in [1.165, 1.54) is 4.31 Å². The highest BCUT2D eigenvalue weighted by Crippen LogP contribution is 2.25. The van der Waals surface area contributed by atoms with Crippen LogP contribution in [-0.4, -0.2) is 73.9 Å². The molecule has 0 saturated carbocycles. The topological polar surface area (TPSA) is 109 Å². The first kappa shape index (κ1) is 25.9. The van der Waals surface area contributed by atoms with Crippen molar-refractivity contribution in [1.82, 2.24) is 14.2 Å². The summed E-state index contributed by atoms with van der Waals surface area (Å²) in [6.07, 6.45) is 0. The zero-order valence-electron chi connectivity index (χ0n) is 20.4. The number of nitrogens with one attached hydrogen (secondary N) is 1. The number of H-pyrrole nitrogens is 1. The average molecular weight is 492 g/mol. The number of benzene rings is 1. The molecule has 1 aliphatic heterocycles. The average Bonchev–Trinajstić information content (AvgIpc) is 3.12. The summed E-state index contributed by atoms with van der Waals surface area (Å²) in [5.41, 5.74) is 3.23. The molecule has 0 unspecified atom stereocenters. The van der Waals surface area contributed by atoms with Gasteiger partial charge in [0.15, 0.2) is 0 Å². The summed E-state index contributed by atoms with van der Waals surface area (Å²) in [5, 5.41) is 0. The van der Waals surface area contributed by atoms with Crippen LogP contribution in [0.2, 0.25) is 0 Å². The third kappa shape index (κ3) is 5.34. The lowest BCUT2D eigenvalue weighted by Crippen LogP contribution is -2.48. The number of aromatic amines is 1. The fourth-order valence-corrected chi connectivity index (χ4v) is 5.87. The second kappa shape index (κ2) is 10.7.